The van der Waals surface area contributed by atoms with Crippen LogP contribution in [0.3, 0.4) is 0 Å². The molecule has 2 aliphatic rings. The topological polar surface area (TPSA) is 49.4 Å². The molecule has 1 aromatic rings. The van der Waals surface area contributed by atoms with Crippen molar-refractivity contribution in [2.75, 3.05) is 6.54 Å². The number of amides is 2. The van der Waals surface area contributed by atoms with Crippen LogP contribution in [0.1, 0.15) is 24.8 Å². The van der Waals surface area contributed by atoms with E-state index in [0.717, 1.165) is 18.4 Å². The van der Waals surface area contributed by atoms with Crippen LogP contribution in [0, 0.1) is 0 Å². The predicted molar refractivity (Wildman–Crippen MR) is 76.8 cm³/mol. The molecule has 1 saturated heterocycles. The van der Waals surface area contributed by atoms with Gasteiger partial charge < -0.3 is 10.2 Å². The molecule has 2 amide bonds. The molecule has 1 atom stereocenters. The fraction of sp³-hybridized carbons (Fsp3) is 0.375. The van der Waals surface area contributed by atoms with E-state index in [9.17, 15) is 9.59 Å². The second-order valence-corrected chi connectivity index (χ2v) is 5.43. The Hall–Kier alpha value is -2.10. The van der Waals surface area contributed by atoms with Crippen LogP contribution in [-0.2, 0) is 9.59 Å². The van der Waals surface area contributed by atoms with Crippen LogP contribution in [0.5, 0.6) is 0 Å². The zero-order valence-corrected chi connectivity index (χ0v) is 11.3. The average Bonchev–Trinajstić information content (AvgIpc) is 3.22. The van der Waals surface area contributed by atoms with E-state index in [1.54, 1.807) is 6.08 Å². The van der Waals surface area contributed by atoms with Crippen LogP contribution in [0.15, 0.2) is 36.4 Å². The zero-order valence-electron chi connectivity index (χ0n) is 11.3. The molecule has 104 valence electrons. The van der Waals surface area contributed by atoms with E-state index in [-0.39, 0.29) is 17.9 Å². The summed E-state index contributed by atoms with van der Waals surface area (Å²) in [6.07, 6.45) is 5.96. The lowest BCUT2D eigenvalue weighted by Gasteiger charge is -2.15. The molecule has 0 aromatic heterocycles. The van der Waals surface area contributed by atoms with Gasteiger partial charge in [-0.2, -0.15) is 0 Å². The lowest BCUT2D eigenvalue weighted by atomic mass is 10.2. The van der Waals surface area contributed by atoms with Gasteiger partial charge in [0.05, 0.1) is 6.04 Å². The monoisotopic (exact) mass is 270 g/mol. The molecule has 4 heteroatoms. The number of rotatable bonds is 4. The zero-order chi connectivity index (χ0) is 13.9. The number of nitrogens with one attached hydrogen (secondary N) is 1. The van der Waals surface area contributed by atoms with E-state index in [0.29, 0.717) is 19.0 Å². The van der Waals surface area contributed by atoms with E-state index in [1.165, 1.54) is 6.08 Å². The number of likely N-dealkylation sites (tertiary alicyclic amines) is 1. The molecule has 0 unspecified atom stereocenters. The molecule has 20 heavy (non-hydrogen) atoms. The van der Waals surface area contributed by atoms with Gasteiger partial charge in [0.25, 0.3) is 0 Å². The highest BCUT2D eigenvalue weighted by molar-refractivity contribution is 5.92. The van der Waals surface area contributed by atoms with E-state index >= 15 is 0 Å². The molecule has 3 rings (SSSR count). The Kier molecular flexibility index (Phi) is 3.54. The Labute approximate surface area is 118 Å². The molecule has 2 fully saturated rings. The Morgan fingerprint density at radius 3 is 2.70 bits per heavy atom. The van der Waals surface area contributed by atoms with Crippen LogP contribution in [0.25, 0.3) is 6.08 Å². The van der Waals surface area contributed by atoms with Crippen molar-refractivity contribution in [3.05, 3.63) is 42.0 Å². The van der Waals surface area contributed by atoms with Gasteiger partial charge in [-0.05, 0) is 24.5 Å². The number of carbonyl (C=O) groups is 2. The third kappa shape index (κ3) is 3.07. The van der Waals surface area contributed by atoms with Crippen molar-refractivity contribution < 1.29 is 9.59 Å². The Morgan fingerprint density at radius 2 is 2.00 bits per heavy atom. The molecule has 1 aromatic carbocycles. The van der Waals surface area contributed by atoms with E-state index in [2.05, 4.69) is 5.32 Å². The van der Waals surface area contributed by atoms with E-state index in [4.69, 9.17) is 0 Å². The minimum absolute atomic E-state index is 0.0453. The summed E-state index contributed by atoms with van der Waals surface area (Å²) in [5, 5.41) is 2.90. The molecule has 0 bridgehead atoms. The largest absolute Gasteiger partial charge is 0.348 e. The van der Waals surface area contributed by atoms with Crippen LogP contribution < -0.4 is 5.32 Å². The lowest BCUT2D eigenvalue weighted by Crippen LogP contribution is -2.36. The number of hydrogen-bond acceptors (Lipinski definition) is 2. The molecule has 1 heterocycles. The van der Waals surface area contributed by atoms with Gasteiger partial charge in [0.15, 0.2) is 0 Å². The van der Waals surface area contributed by atoms with E-state index in [1.807, 2.05) is 35.2 Å². The lowest BCUT2D eigenvalue weighted by molar-refractivity contribution is -0.128. The highest BCUT2D eigenvalue weighted by Crippen LogP contribution is 2.30. The summed E-state index contributed by atoms with van der Waals surface area (Å²) in [7, 11) is 0. The molecular weight excluding hydrogens is 252 g/mol. The van der Waals surface area contributed by atoms with Crippen molar-refractivity contribution in [2.45, 2.75) is 31.3 Å². The first kappa shape index (κ1) is 12.9. The fourth-order valence-electron chi connectivity index (χ4n) is 2.55. The van der Waals surface area contributed by atoms with Gasteiger partial charge in [0.2, 0.25) is 11.8 Å². The maximum absolute atomic E-state index is 11.8. The summed E-state index contributed by atoms with van der Waals surface area (Å²) in [5.74, 6) is 0.0362. The van der Waals surface area contributed by atoms with Gasteiger partial charge >= 0.3 is 0 Å². The first-order valence-corrected chi connectivity index (χ1v) is 7.05. The average molecular weight is 270 g/mol. The van der Waals surface area contributed by atoms with Gasteiger partial charge in [-0.1, -0.05) is 30.3 Å². The van der Waals surface area contributed by atoms with Gasteiger partial charge in [-0.25, -0.2) is 0 Å². The first-order valence-electron chi connectivity index (χ1n) is 7.05. The Balaban J connectivity index is 1.52. The second-order valence-electron chi connectivity index (χ2n) is 5.43. The molecule has 1 N–H and O–H groups in total. The van der Waals surface area contributed by atoms with Crippen LogP contribution >= 0.6 is 0 Å². The van der Waals surface area contributed by atoms with Crippen molar-refractivity contribution in [3.63, 3.8) is 0 Å². The third-order valence-corrected chi connectivity index (χ3v) is 3.72. The SMILES string of the molecule is O=C(/C=C/c1ccccc1)N[C@H]1CC(=O)N(C2CC2)C1. The van der Waals surface area contributed by atoms with Crippen LogP contribution in [0.4, 0.5) is 0 Å². The molecule has 1 aliphatic carbocycles. The maximum Gasteiger partial charge on any atom is 0.244 e. The maximum atomic E-state index is 11.8. The number of hydrogen-bond donors (Lipinski definition) is 1. The number of nitrogens with zero attached hydrogens (tertiary/aromatic N) is 1. The highest BCUT2D eigenvalue weighted by atomic mass is 16.2. The minimum atomic E-state index is -0.135. The number of carbonyl (C=O) groups excluding carboxylic acids is 2. The standard InChI is InChI=1S/C16H18N2O2/c19-15(9-6-12-4-2-1-3-5-12)17-13-10-16(20)18(11-13)14-7-8-14/h1-6,9,13-14H,7-8,10-11H2,(H,17,19)/b9-6+/t13-/m0/s1. The van der Waals surface area contributed by atoms with Gasteiger partial charge in [0, 0.05) is 25.1 Å². The predicted octanol–water partition coefficient (Wildman–Crippen LogP) is 1.58. The van der Waals surface area contributed by atoms with Crippen molar-refractivity contribution in [2.24, 2.45) is 0 Å². The smallest absolute Gasteiger partial charge is 0.244 e. The quantitative estimate of drug-likeness (QED) is 0.844. The molecular formula is C16H18N2O2. The third-order valence-electron chi connectivity index (χ3n) is 3.72. The molecule has 1 saturated carbocycles. The van der Waals surface area contributed by atoms with Crippen LogP contribution in [0.2, 0.25) is 0 Å². The van der Waals surface area contributed by atoms with Crippen molar-refractivity contribution in [3.8, 4) is 0 Å². The van der Waals surface area contributed by atoms with Crippen molar-refractivity contribution in [1.82, 2.24) is 10.2 Å². The van der Waals surface area contributed by atoms with Crippen LogP contribution in [-0.4, -0.2) is 35.3 Å². The highest BCUT2D eigenvalue weighted by Gasteiger charge is 2.39. The fourth-order valence-corrected chi connectivity index (χ4v) is 2.55. The second kappa shape index (κ2) is 5.49. The van der Waals surface area contributed by atoms with Gasteiger partial charge in [-0.15, -0.1) is 0 Å². The summed E-state index contributed by atoms with van der Waals surface area (Å²) in [5.41, 5.74) is 0.991. The van der Waals surface area contributed by atoms with Gasteiger partial charge in [0.1, 0.15) is 0 Å². The molecule has 0 spiro atoms. The van der Waals surface area contributed by atoms with Crippen molar-refractivity contribution in [1.29, 1.82) is 0 Å². The number of benzene rings is 1. The van der Waals surface area contributed by atoms with Crippen molar-refractivity contribution >= 4 is 17.9 Å². The minimum Gasteiger partial charge on any atom is -0.348 e. The normalized spacial score (nSPS) is 22.5. The summed E-state index contributed by atoms with van der Waals surface area (Å²) >= 11 is 0. The summed E-state index contributed by atoms with van der Waals surface area (Å²) < 4.78 is 0. The summed E-state index contributed by atoms with van der Waals surface area (Å²) in [6, 6.07) is 10.1. The van der Waals surface area contributed by atoms with Gasteiger partial charge in [-0.3, -0.25) is 9.59 Å². The Morgan fingerprint density at radius 1 is 1.25 bits per heavy atom. The van der Waals surface area contributed by atoms with E-state index < -0.39 is 0 Å². The first-order chi connectivity index (χ1) is 9.72. The Bertz CT molecular complexity index is 535. The summed E-state index contributed by atoms with van der Waals surface area (Å²) in [6.45, 7) is 0.661. The molecule has 1 aliphatic heterocycles. The molecule has 4 nitrogen and oxygen atoms in total. The molecule has 0 radical (unpaired) electrons. The summed E-state index contributed by atoms with van der Waals surface area (Å²) in [4.78, 5) is 25.5.